The fourth-order valence-electron chi connectivity index (χ4n) is 1.45. The van der Waals surface area contributed by atoms with Crippen LogP contribution in [0.1, 0.15) is 15.9 Å². The highest BCUT2D eigenvalue weighted by Crippen LogP contribution is 2.15. The van der Waals surface area contributed by atoms with Gasteiger partial charge in [-0.2, -0.15) is 5.10 Å². The van der Waals surface area contributed by atoms with Crippen molar-refractivity contribution in [1.82, 2.24) is 5.43 Å². The summed E-state index contributed by atoms with van der Waals surface area (Å²) in [6, 6.07) is 14.8. The van der Waals surface area contributed by atoms with Gasteiger partial charge in [0, 0.05) is 14.5 Å². The summed E-state index contributed by atoms with van der Waals surface area (Å²) >= 11 is 6.73. The van der Waals surface area contributed by atoms with Crippen LogP contribution in [0.4, 0.5) is 0 Å². The first-order chi connectivity index (χ1) is 9.18. The summed E-state index contributed by atoms with van der Waals surface area (Å²) in [5, 5.41) is 3.94. The first kappa shape index (κ1) is 14.0. The molecule has 2 aromatic rings. The molecule has 2 rings (SSSR count). The van der Waals surface area contributed by atoms with E-state index < -0.39 is 0 Å². The number of carbonyl (C=O) groups excluding carboxylic acids is 1. The number of hydrogen-bond donors (Lipinski definition) is 1. The van der Waals surface area contributed by atoms with Crippen molar-refractivity contribution < 1.29 is 4.79 Å². The van der Waals surface area contributed by atoms with E-state index in [1.807, 2.05) is 36.4 Å². The van der Waals surface area contributed by atoms with E-state index >= 15 is 0 Å². The smallest absolute Gasteiger partial charge is 0.267 e. The number of carbonyl (C=O) groups is 1. The Morgan fingerprint density at radius 3 is 2.32 bits per heavy atom. The minimum atomic E-state index is -0.254. The third-order valence-electron chi connectivity index (χ3n) is 2.39. The molecule has 0 unspecified atom stereocenters. The maximum atomic E-state index is 11.9. The predicted octanol–water partition coefficient (Wildman–Crippen LogP) is 3.98. The SMILES string of the molecule is O=C(NN=Cc1ccccc1Br)c1ccccc1Br. The number of nitrogens with zero attached hydrogens (tertiary/aromatic N) is 1. The number of hydrogen-bond acceptors (Lipinski definition) is 2. The number of amides is 1. The van der Waals surface area contributed by atoms with Crippen LogP contribution in [0, 0.1) is 0 Å². The molecule has 0 aliphatic carbocycles. The maximum absolute atomic E-state index is 11.9. The van der Waals surface area contributed by atoms with Crippen molar-refractivity contribution in [2.75, 3.05) is 0 Å². The molecule has 5 heteroatoms. The number of hydrazone groups is 1. The Bertz CT molecular complexity index is 626. The monoisotopic (exact) mass is 380 g/mol. The van der Waals surface area contributed by atoms with Crippen molar-refractivity contribution in [3.63, 3.8) is 0 Å². The largest absolute Gasteiger partial charge is 0.272 e. The summed E-state index contributed by atoms with van der Waals surface area (Å²) in [6.07, 6.45) is 1.60. The fourth-order valence-corrected chi connectivity index (χ4v) is 2.30. The minimum absolute atomic E-state index is 0.254. The molecule has 0 atom stereocenters. The summed E-state index contributed by atoms with van der Waals surface area (Å²) in [6.45, 7) is 0. The van der Waals surface area contributed by atoms with E-state index in [0.717, 1.165) is 14.5 Å². The molecule has 0 aliphatic heterocycles. The first-order valence-electron chi connectivity index (χ1n) is 5.51. The summed E-state index contributed by atoms with van der Waals surface area (Å²) in [5.41, 5.74) is 3.94. The molecule has 0 spiro atoms. The molecule has 0 bridgehead atoms. The highest BCUT2D eigenvalue weighted by molar-refractivity contribution is 9.10. The molecule has 0 heterocycles. The fraction of sp³-hybridized carbons (Fsp3) is 0. The van der Waals surface area contributed by atoms with Gasteiger partial charge in [0.1, 0.15) is 0 Å². The average molecular weight is 382 g/mol. The summed E-state index contributed by atoms with van der Waals surface area (Å²) < 4.78 is 1.66. The standard InChI is InChI=1S/C14H10Br2N2O/c15-12-7-3-1-5-10(12)9-17-18-14(19)11-6-2-4-8-13(11)16/h1-9H,(H,18,19). The molecule has 19 heavy (non-hydrogen) atoms. The molecule has 0 radical (unpaired) electrons. The van der Waals surface area contributed by atoms with Gasteiger partial charge in [0.25, 0.3) is 5.91 Å². The molecule has 0 fully saturated rings. The van der Waals surface area contributed by atoms with Gasteiger partial charge in [0.05, 0.1) is 11.8 Å². The third-order valence-corrected chi connectivity index (χ3v) is 3.81. The molecule has 1 amide bonds. The van der Waals surface area contributed by atoms with Gasteiger partial charge < -0.3 is 0 Å². The quantitative estimate of drug-likeness (QED) is 0.634. The second-order valence-corrected chi connectivity index (χ2v) is 5.41. The van der Waals surface area contributed by atoms with E-state index in [4.69, 9.17) is 0 Å². The number of halogens is 2. The Morgan fingerprint density at radius 1 is 1.00 bits per heavy atom. The topological polar surface area (TPSA) is 41.5 Å². The normalized spacial score (nSPS) is 10.6. The highest BCUT2D eigenvalue weighted by atomic mass is 79.9. The van der Waals surface area contributed by atoms with Gasteiger partial charge in [-0.25, -0.2) is 5.43 Å². The molecule has 0 aromatic heterocycles. The van der Waals surface area contributed by atoms with Crippen LogP contribution in [0.5, 0.6) is 0 Å². The Balaban J connectivity index is 2.06. The number of rotatable bonds is 3. The first-order valence-corrected chi connectivity index (χ1v) is 7.09. The molecular weight excluding hydrogens is 372 g/mol. The van der Waals surface area contributed by atoms with Crippen molar-refractivity contribution >= 4 is 44.0 Å². The number of benzene rings is 2. The number of nitrogens with one attached hydrogen (secondary N) is 1. The van der Waals surface area contributed by atoms with Gasteiger partial charge in [0.15, 0.2) is 0 Å². The zero-order chi connectivity index (χ0) is 13.7. The predicted molar refractivity (Wildman–Crippen MR) is 83.3 cm³/mol. The lowest BCUT2D eigenvalue weighted by Gasteiger charge is -2.02. The maximum Gasteiger partial charge on any atom is 0.272 e. The van der Waals surface area contributed by atoms with Crippen molar-refractivity contribution in [2.45, 2.75) is 0 Å². The van der Waals surface area contributed by atoms with E-state index in [0.29, 0.717) is 5.56 Å². The van der Waals surface area contributed by atoms with Crippen molar-refractivity contribution in [1.29, 1.82) is 0 Å². The van der Waals surface area contributed by atoms with Crippen molar-refractivity contribution in [3.05, 3.63) is 68.6 Å². The van der Waals surface area contributed by atoms with E-state index in [-0.39, 0.29) is 5.91 Å². The lowest BCUT2D eigenvalue weighted by Crippen LogP contribution is -2.18. The van der Waals surface area contributed by atoms with Crippen molar-refractivity contribution in [3.8, 4) is 0 Å². The molecular formula is C14H10Br2N2O. The Kier molecular flexibility index (Phi) is 4.87. The van der Waals surface area contributed by atoms with Gasteiger partial charge in [-0.1, -0.05) is 46.3 Å². The van der Waals surface area contributed by atoms with Gasteiger partial charge in [0.2, 0.25) is 0 Å². The summed E-state index contributed by atoms with van der Waals surface area (Å²) in [7, 11) is 0. The zero-order valence-electron chi connectivity index (χ0n) is 9.81. The van der Waals surface area contributed by atoms with Crippen LogP contribution in [0.15, 0.2) is 62.6 Å². The van der Waals surface area contributed by atoms with Crippen LogP contribution >= 0.6 is 31.9 Å². The molecule has 1 N–H and O–H groups in total. The highest BCUT2D eigenvalue weighted by Gasteiger charge is 2.07. The average Bonchev–Trinajstić information content (AvgIpc) is 2.41. The molecule has 0 saturated heterocycles. The van der Waals surface area contributed by atoms with Crippen LogP contribution in [0.3, 0.4) is 0 Å². The van der Waals surface area contributed by atoms with Crippen LogP contribution in [0.2, 0.25) is 0 Å². The van der Waals surface area contributed by atoms with Crippen LogP contribution in [-0.4, -0.2) is 12.1 Å². The molecule has 0 aliphatic rings. The lowest BCUT2D eigenvalue weighted by atomic mass is 10.2. The van der Waals surface area contributed by atoms with Gasteiger partial charge in [-0.3, -0.25) is 4.79 Å². The summed E-state index contributed by atoms with van der Waals surface area (Å²) in [4.78, 5) is 11.9. The molecule has 3 nitrogen and oxygen atoms in total. The van der Waals surface area contributed by atoms with E-state index in [9.17, 15) is 4.79 Å². The van der Waals surface area contributed by atoms with Crippen molar-refractivity contribution in [2.24, 2.45) is 5.10 Å². The Hall–Kier alpha value is -1.46. The van der Waals surface area contributed by atoms with Crippen LogP contribution in [0.25, 0.3) is 0 Å². The van der Waals surface area contributed by atoms with Crippen LogP contribution in [-0.2, 0) is 0 Å². The van der Waals surface area contributed by atoms with Gasteiger partial charge >= 0.3 is 0 Å². The van der Waals surface area contributed by atoms with Gasteiger partial charge in [-0.15, -0.1) is 0 Å². The lowest BCUT2D eigenvalue weighted by molar-refractivity contribution is 0.0954. The van der Waals surface area contributed by atoms with E-state index in [1.165, 1.54) is 0 Å². The van der Waals surface area contributed by atoms with E-state index in [2.05, 4.69) is 42.4 Å². The van der Waals surface area contributed by atoms with E-state index in [1.54, 1.807) is 18.3 Å². The molecule has 0 saturated carbocycles. The molecule has 2 aromatic carbocycles. The third kappa shape index (κ3) is 3.75. The molecule has 96 valence electrons. The second-order valence-electron chi connectivity index (χ2n) is 3.70. The zero-order valence-corrected chi connectivity index (χ0v) is 13.0. The second kappa shape index (κ2) is 6.63. The minimum Gasteiger partial charge on any atom is -0.267 e. The van der Waals surface area contributed by atoms with Gasteiger partial charge in [-0.05, 0) is 34.1 Å². The Labute approximate surface area is 128 Å². The van der Waals surface area contributed by atoms with Crippen LogP contribution < -0.4 is 5.43 Å². The summed E-state index contributed by atoms with van der Waals surface area (Å²) in [5.74, 6) is -0.254. The Morgan fingerprint density at radius 2 is 1.63 bits per heavy atom.